The Morgan fingerprint density at radius 1 is 1.07 bits per heavy atom. The molecule has 6 nitrogen and oxygen atoms in total. The number of hydrogen-bond donors (Lipinski definition) is 3. The SMILES string of the molecule is COc1ccccc1[C@@H]1NC(=O)NC(C)=C1C(=O)Nc1ccc(C)c(C)c1. The Morgan fingerprint density at radius 2 is 1.81 bits per heavy atom. The fraction of sp³-hybridized carbons (Fsp3) is 0.238. The van der Waals surface area contributed by atoms with Crippen LogP contribution >= 0.6 is 0 Å². The Kier molecular flexibility index (Phi) is 5.16. The van der Waals surface area contributed by atoms with Crippen LogP contribution in [0.5, 0.6) is 5.75 Å². The molecule has 1 aliphatic rings. The largest absolute Gasteiger partial charge is 0.496 e. The number of aryl methyl sites for hydroxylation is 2. The second kappa shape index (κ2) is 7.53. The number of nitrogens with one attached hydrogen (secondary N) is 3. The summed E-state index contributed by atoms with van der Waals surface area (Å²) in [5.74, 6) is 0.327. The molecular formula is C21H23N3O3. The molecule has 2 aromatic carbocycles. The number of carbonyl (C=O) groups excluding carboxylic acids is 2. The minimum Gasteiger partial charge on any atom is -0.496 e. The van der Waals surface area contributed by atoms with Crippen molar-refractivity contribution in [1.82, 2.24) is 10.6 Å². The van der Waals surface area contributed by atoms with Crippen LogP contribution in [-0.4, -0.2) is 19.0 Å². The van der Waals surface area contributed by atoms with Crippen molar-refractivity contribution in [2.24, 2.45) is 0 Å². The Hall–Kier alpha value is -3.28. The molecule has 2 aromatic rings. The highest BCUT2D eigenvalue weighted by Crippen LogP contribution is 2.33. The van der Waals surface area contributed by atoms with Gasteiger partial charge < -0.3 is 20.7 Å². The third kappa shape index (κ3) is 3.79. The fourth-order valence-electron chi connectivity index (χ4n) is 3.15. The predicted molar refractivity (Wildman–Crippen MR) is 105 cm³/mol. The van der Waals surface area contributed by atoms with Crippen LogP contribution in [0.2, 0.25) is 0 Å². The number of carbonyl (C=O) groups is 2. The first-order valence-corrected chi connectivity index (χ1v) is 8.70. The molecule has 0 radical (unpaired) electrons. The first-order valence-electron chi connectivity index (χ1n) is 8.70. The van der Waals surface area contributed by atoms with Crippen molar-refractivity contribution in [1.29, 1.82) is 0 Å². The normalized spacial score (nSPS) is 16.4. The number of para-hydroxylation sites is 1. The summed E-state index contributed by atoms with van der Waals surface area (Å²) in [4.78, 5) is 25.1. The molecule has 3 N–H and O–H groups in total. The van der Waals surface area contributed by atoms with Gasteiger partial charge in [0, 0.05) is 16.9 Å². The van der Waals surface area contributed by atoms with Crippen LogP contribution in [0, 0.1) is 13.8 Å². The van der Waals surface area contributed by atoms with E-state index in [1.807, 2.05) is 50.2 Å². The maximum atomic E-state index is 13.1. The van der Waals surface area contributed by atoms with Gasteiger partial charge in [-0.2, -0.15) is 0 Å². The fourth-order valence-corrected chi connectivity index (χ4v) is 3.15. The number of rotatable bonds is 4. The highest BCUT2D eigenvalue weighted by molar-refractivity contribution is 6.07. The van der Waals surface area contributed by atoms with Crippen molar-refractivity contribution in [2.45, 2.75) is 26.8 Å². The van der Waals surface area contributed by atoms with E-state index in [4.69, 9.17) is 4.74 Å². The van der Waals surface area contributed by atoms with Gasteiger partial charge in [0.25, 0.3) is 5.91 Å². The first kappa shape index (κ1) is 18.5. The van der Waals surface area contributed by atoms with Crippen LogP contribution in [0.3, 0.4) is 0 Å². The molecule has 0 fully saturated rings. The molecule has 140 valence electrons. The summed E-state index contributed by atoms with van der Waals surface area (Å²) < 4.78 is 5.42. The molecule has 0 saturated carbocycles. The number of methoxy groups -OCH3 is 1. The van der Waals surface area contributed by atoms with Gasteiger partial charge in [-0.05, 0) is 50.1 Å². The van der Waals surface area contributed by atoms with Crippen molar-refractivity contribution < 1.29 is 14.3 Å². The van der Waals surface area contributed by atoms with Gasteiger partial charge >= 0.3 is 6.03 Å². The van der Waals surface area contributed by atoms with E-state index in [2.05, 4.69) is 16.0 Å². The van der Waals surface area contributed by atoms with Crippen molar-refractivity contribution in [3.05, 3.63) is 70.4 Å². The molecule has 0 unspecified atom stereocenters. The van der Waals surface area contributed by atoms with Crippen LogP contribution < -0.4 is 20.7 Å². The Balaban J connectivity index is 1.98. The lowest BCUT2D eigenvalue weighted by Crippen LogP contribution is -2.46. The molecule has 0 aromatic heterocycles. The van der Waals surface area contributed by atoms with Gasteiger partial charge in [-0.1, -0.05) is 24.3 Å². The molecule has 1 heterocycles. The molecule has 0 bridgehead atoms. The van der Waals surface area contributed by atoms with E-state index in [9.17, 15) is 9.59 Å². The monoisotopic (exact) mass is 365 g/mol. The van der Waals surface area contributed by atoms with Gasteiger partial charge in [0.2, 0.25) is 0 Å². The van der Waals surface area contributed by atoms with Crippen LogP contribution in [0.1, 0.15) is 29.7 Å². The van der Waals surface area contributed by atoms with Gasteiger partial charge in [-0.3, -0.25) is 4.79 Å². The van der Waals surface area contributed by atoms with E-state index in [0.717, 1.165) is 16.7 Å². The van der Waals surface area contributed by atoms with Crippen molar-refractivity contribution in [3.63, 3.8) is 0 Å². The Morgan fingerprint density at radius 3 is 2.52 bits per heavy atom. The second-order valence-electron chi connectivity index (χ2n) is 6.57. The maximum absolute atomic E-state index is 13.1. The lowest BCUT2D eigenvalue weighted by molar-refractivity contribution is -0.113. The zero-order valence-electron chi connectivity index (χ0n) is 15.8. The molecule has 3 rings (SSSR count). The van der Waals surface area contributed by atoms with Gasteiger partial charge in [-0.25, -0.2) is 4.79 Å². The minimum atomic E-state index is -0.610. The second-order valence-corrected chi connectivity index (χ2v) is 6.57. The van der Waals surface area contributed by atoms with Crippen molar-refractivity contribution in [2.75, 3.05) is 12.4 Å². The van der Waals surface area contributed by atoms with E-state index in [-0.39, 0.29) is 11.9 Å². The average Bonchev–Trinajstić information content (AvgIpc) is 2.64. The third-order valence-corrected chi connectivity index (χ3v) is 4.73. The number of urea groups is 1. The third-order valence-electron chi connectivity index (χ3n) is 4.73. The lowest BCUT2D eigenvalue weighted by Gasteiger charge is -2.29. The van der Waals surface area contributed by atoms with E-state index < -0.39 is 6.04 Å². The lowest BCUT2D eigenvalue weighted by atomic mass is 9.94. The number of benzene rings is 2. The van der Waals surface area contributed by atoms with Crippen LogP contribution in [0.25, 0.3) is 0 Å². The standard InChI is InChI=1S/C21H23N3O3/c1-12-9-10-15(11-13(12)2)23-20(25)18-14(3)22-21(26)24-19(18)16-7-5-6-8-17(16)27-4/h5-11,19H,1-4H3,(H,23,25)(H2,22,24,26)/t19-/m0/s1. The molecule has 0 saturated heterocycles. The average molecular weight is 365 g/mol. The van der Waals surface area contributed by atoms with Gasteiger partial charge in [0.15, 0.2) is 0 Å². The summed E-state index contributed by atoms with van der Waals surface area (Å²) in [6, 6.07) is 12.1. The van der Waals surface area contributed by atoms with E-state index >= 15 is 0 Å². The predicted octanol–water partition coefficient (Wildman–Crippen LogP) is 3.58. The summed E-state index contributed by atoms with van der Waals surface area (Å²) in [5, 5.41) is 8.44. The van der Waals surface area contributed by atoms with E-state index in [1.54, 1.807) is 20.1 Å². The summed E-state index contributed by atoms with van der Waals surface area (Å²) in [6.45, 7) is 5.73. The molecule has 27 heavy (non-hydrogen) atoms. The van der Waals surface area contributed by atoms with E-state index in [0.29, 0.717) is 22.7 Å². The highest BCUT2D eigenvalue weighted by Gasteiger charge is 2.32. The molecular weight excluding hydrogens is 342 g/mol. The van der Waals surface area contributed by atoms with E-state index in [1.165, 1.54) is 0 Å². The number of ether oxygens (including phenoxy) is 1. The minimum absolute atomic E-state index is 0.279. The number of allylic oxidation sites excluding steroid dienone is 1. The highest BCUT2D eigenvalue weighted by atomic mass is 16.5. The zero-order valence-corrected chi connectivity index (χ0v) is 15.8. The number of anilines is 1. The van der Waals surface area contributed by atoms with Crippen LogP contribution in [0.4, 0.5) is 10.5 Å². The molecule has 1 aliphatic heterocycles. The molecule has 0 aliphatic carbocycles. The summed E-state index contributed by atoms with van der Waals surface area (Å²) >= 11 is 0. The van der Waals surface area contributed by atoms with Crippen LogP contribution in [-0.2, 0) is 4.79 Å². The quantitative estimate of drug-likeness (QED) is 0.775. The van der Waals surface area contributed by atoms with Crippen molar-refractivity contribution >= 4 is 17.6 Å². The van der Waals surface area contributed by atoms with Gasteiger partial charge in [0.05, 0.1) is 18.7 Å². The molecule has 6 heteroatoms. The Bertz CT molecular complexity index is 934. The zero-order chi connectivity index (χ0) is 19.6. The Labute approximate surface area is 158 Å². The molecule has 3 amide bonds. The first-order chi connectivity index (χ1) is 12.9. The maximum Gasteiger partial charge on any atom is 0.319 e. The van der Waals surface area contributed by atoms with Crippen molar-refractivity contribution in [3.8, 4) is 5.75 Å². The summed E-state index contributed by atoms with van der Waals surface area (Å²) in [7, 11) is 1.56. The number of hydrogen-bond acceptors (Lipinski definition) is 3. The summed E-state index contributed by atoms with van der Waals surface area (Å²) in [5.41, 5.74) is 4.63. The number of amides is 3. The van der Waals surface area contributed by atoms with Gasteiger partial charge in [0.1, 0.15) is 5.75 Å². The summed E-state index contributed by atoms with van der Waals surface area (Å²) in [6.07, 6.45) is 0. The molecule has 1 atom stereocenters. The molecule has 0 spiro atoms. The smallest absolute Gasteiger partial charge is 0.319 e. The van der Waals surface area contributed by atoms with Crippen LogP contribution in [0.15, 0.2) is 53.7 Å². The van der Waals surface area contributed by atoms with Gasteiger partial charge in [-0.15, -0.1) is 0 Å². The topological polar surface area (TPSA) is 79.5 Å².